The highest BCUT2D eigenvalue weighted by atomic mass is 16.5. The van der Waals surface area contributed by atoms with E-state index in [1.54, 1.807) is 0 Å². The zero-order valence-corrected chi connectivity index (χ0v) is 9.27. The quantitative estimate of drug-likeness (QED) is 0.793. The summed E-state index contributed by atoms with van der Waals surface area (Å²) in [5.74, 6) is -1.34. The van der Waals surface area contributed by atoms with Gasteiger partial charge < -0.3 is 19.3 Å². The number of carboxylic acids is 1. The van der Waals surface area contributed by atoms with Crippen molar-refractivity contribution in [3.8, 4) is 11.5 Å². The van der Waals surface area contributed by atoms with Gasteiger partial charge in [-0.1, -0.05) is 0 Å². The van der Waals surface area contributed by atoms with Crippen LogP contribution in [0.5, 0.6) is 11.5 Å². The number of carbonyl (C=O) groups is 2. The molecule has 2 rings (SSSR count). The fourth-order valence-electron chi connectivity index (χ4n) is 1.80. The number of carbonyl (C=O) groups excluding carboxylic acids is 1. The molecule has 6 nitrogen and oxygen atoms in total. The molecule has 1 N–H and O–H groups in total. The highest BCUT2D eigenvalue weighted by Gasteiger charge is 2.33. The third kappa shape index (κ3) is 1.57. The molecule has 1 aliphatic rings. The Morgan fingerprint density at radius 1 is 1.41 bits per heavy atom. The van der Waals surface area contributed by atoms with Crippen molar-refractivity contribution in [3.05, 3.63) is 22.8 Å². The Hall–Kier alpha value is -2.24. The summed E-state index contributed by atoms with van der Waals surface area (Å²) in [6.45, 7) is -0.0594. The third-order valence-electron chi connectivity index (χ3n) is 2.56. The van der Waals surface area contributed by atoms with E-state index in [9.17, 15) is 9.59 Å². The Bertz CT molecular complexity index is 505. The summed E-state index contributed by atoms with van der Waals surface area (Å²) in [6.07, 6.45) is 0. The van der Waals surface area contributed by atoms with Crippen LogP contribution in [-0.4, -0.2) is 31.3 Å². The largest absolute Gasteiger partial charge is 0.493 e. The Balaban J connectivity index is 2.77. The molecule has 1 aromatic carbocycles. The maximum atomic E-state index is 11.5. The first kappa shape index (κ1) is 11.3. The van der Waals surface area contributed by atoms with Gasteiger partial charge in [0.25, 0.3) is 0 Å². The fraction of sp³-hybridized carbons (Fsp3) is 0.273. The molecule has 1 aromatic rings. The van der Waals surface area contributed by atoms with Gasteiger partial charge in [-0.2, -0.15) is 0 Å². The minimum atomic E-state index is -1.14. The number of carboxylic acid groups (broad SMARTS) is 1. The number of benzene rings is 1. The summed E-state index contributed by atoms with van der Waals surface area (Å²) in [6, 6.07) is 1.32. The van der Waals surface area contributed by atoms with Gasteiger partial charge in [0.15, 0.2) is 11.5 Å². The first-order valence-electron chi connectivity index (χ1n) is 4.78. The average molecular weight is 238 g/mol. The van der Waals surface area contributed by atoms with Crippen LogP contribution in [0.25, 0.3) is 0 Å². The van der Waals surface area contributed by atoms with Crippen LogP contribution in [0.1, 0.15) is 26.3 Å². The number of fused-ring (bicyclic) bond motifs is 1. The molecule has 0 fully saturated rings. The Morgan fingerprint density at radius 3 is 2.65 bits per heavy atom. The van der Waals surface area contributed by atoms with Gasteiger partial charge in [-0.25, -0.2) is 9.59 Å². The number of ether oxygens (including phenoxy) is 3. The minimum absolute atomic E-state index is 0.0106. The predicted octanol–water partition coefficient (Wildman–Crippen LogP) is 1.07. The molecule has 1 heterocycles. The number of esters is 1. The van der Waals surface area contributed by atoms with Crippen molar-refractivity contribution in [2.75, 3.05) is 14.2 Å². The molecule has 0 unspecified atom stereocenters. The Labute approximate surface area is 96.7 Å². The molecule has 0 amide bonds. The van der Waals surface area contributed by atoms with E-state index in [1.165, 1.54) is 20.3 Å². The van der Waals surface area contributed by atoms with Crippen LogP contribution in [0, 0.1) is 0 Å². The highest BCUT2D eigenvalue weighted by Crippen LogP contribution is 2.39. The molecule has 0 spiro atoms. The molecule has 0 saturated carbocycles. The lowest BCUT2D eigenvalue weighted by Gasteiger charge is -2.11. The second-order valence-corrected chi connectivity index (χ2v) is 3.39. The van der Waals surface area contributed by atoms with Crippen molar-refractivity contribution in [2.24, 2.45) is 0 Å². The lowest BCUT2D eigenvalue weighted by Crippen LogP contribution is -2.07. The first-order chi connectivity index (χ1) is 8.10. The van der Waals surface area contributed by atoms with E-state index in [4.69, 9.17) is 19.3 Å². The topological polar surface area (TPSA) is 82.1 Å². The van der Waals surface area contributed by atoms with Crippen molar-refractivity contribution in [1.82, 2.24) is 0 Å². The predicted molar refractivity (Wildman–Crippen MR) is 55.6 cm³/mol. The second kappa shape index (κ2) is 3.97. The SMILES string of the molecule is COc1cc(C(=O)O)c2c(c1OC)C(=O)OC2. The van der Waals surface area contributed by atoms with Crippen molar-refractivity contribution in [1.29, 1.82) is 0 Å². The Kier molecular flexibility index (Phi) is 2.63. The minimum Gasteiger partial charge on any atom is -0.493 e. The summed E-state index contributed by atoms with van der Waals surface area (Å²) in [7, 11) is 2.75. The van der Waals surface area contributed by atoms with E-state index in [1.807, 2.05) is 0 Å². The molecule has 17 heavy (non-hydrogen) atoms. The summed E-state index contributed by atoms with van der Waals surface area (Å²) < 4.78 is 14.9. The molecule has 90 valence electrons. The van der Waals surface area contributed by atoms with E-state index >= 15 is 0 Å². The lowest BCUT2D eigenvalue weighted by molar-refractivity contribution is 0.0528. The van der Waals surface area contributed by atoms with Crippen molar-refractivity contribution >= 4 is 11.9 Å². The van der Waals surface area contributed by atoms with E-state index in [0.717, 1.165) is 0 Å². The van der Waals surface area contributed by atoms with Gasteiger partial charge in [0.1, 0.15) is 12.2 Å². The maximum absolute atomic E-state index is 11.5. The monoisotopic (exact) mass is 238 g/mol. The van der Waals surface area contributed by atoms with Gasteiger partial charge >= 0.3 is 11.9 Å². The first-order valence-corrected chi connectivity index (χ1v) is 4.78. The number of methoxy groups -OCH3 is 2. The molecule has 0 aliphatic carbocycles. The lowest BCUT2D eigenvalue weighted by atomic mass is 10.0. The summed E-state index contributed by atoms with van der Waals surface area (Å²) in [5, 5.41) is 9.06. The molecule has 6 heteroatoms. The maximum Gasteiger partial charge on any atom is 0.342 e. The summed E-state index contributed by atoms with van der Waals surface area (Å²) >= 11 is 0. The van der Waals surface area contributed by atoms with E-state index in [-0.39, 0.29) is 29.2 Å². The number of aromatic carboxylic acids is 1. The molecule has 0 aromatic heterocycles. The van der Waals surface area contributed by atoms with Crippen LogP contribution < -0.4 is 9.47 Å². The normalized spacial score (nSPS) is 12.9. The number of hydrogen-bond donors (Lipinski definition) is 1. The average Bonchev–Trinajstić information content (AvgIpc) is 2.69. The van der Waals surface area contributed by atoms with Gasteiger partial charge in [0.05, 0.1) is 19.8 Å². The number of rotatable bonds is 3. The Morgan fingerprint density at radius 2 is 2.12 bits per heavy atom. The van der Waals surface area contributed by atoms with E-state index in [0.29, 0.717) is 5.56 Å². The number of cyclic esters (lactones) is 1. The standard InChI is InChI=1S/C11H10O6/c1-15-7-3-5(10(12)13)6-4-17-11(14)8(6)9(7)16-2/h3H,4H2,1-2H3,(H,12,13). The molecule has 0 saturated heterocycles. The zero-order chi connectivity index (χ0) is 12.6. The van der Waals surface area contributed by atoms with E-state index < -0.39 is 11.9 Å². The van der Waals surface area contributed by atoms with Crippen LogP contribution >= 0.6 is 0 Å². The molecule has 1 aliphatic heterocycles. The molecule has 0 atom stereocenters. The van der Waals surface area contributed by atoms with E-state index in [2.05, 4.69) is 0 Å². The van der Waals surface area contributed by atoms with Crippen molar-refractivity contribution in [2.45, 2.75) is 6.61 Å². The van der Waals surface area contributed by atoms with Crippen LogP contribution in [0.4, 0.5) is 0 Å². The van der Waals surface area contributed by atoms with Crippen molar-refractivity contribution < 1.29 is 28.9 Å². The number of hydrogen-bond acceptors (Lipinski definition) is 5. The third-order valence-corrected chi connectivity index (χ3v) is 2.56. The van der Waals surface area contributed by atoms with Gasteiger partial charge in [-0.15, -0.1) is 0 Å². The van der Waals surface area contributed by atoms with Crippen LogP contribution in [0.3, 0.4) is 0 Å². The highest BCUT2D eigenvalue weighted by molar-refractivity contribution is 6.02. The van der Waals surface area contributed by atoms with Crippen LogP contribution in [0.15, 0.2) is 6.07 Å². The van der Waals surface area contributed by atoms with Crippen LogP contribution in [-0.2, 0) is 11.3 Å². The fourth-order valence-corrected chi connectivity index (χ4v) is 1.80. The van der Waals surface area contributed by atoms with Gasteiger partial charge in [-0.05, 0) is 6.07 Å². The zero-order valence-electron chi connectivity index (χ0n) is 9.27. The van der Waals surface area contributed by atoms with Gasteiger partial charge in [-0.3, -0.25) is 0 Å². The molecular formula is C11H10O6. The van der Waals surface area contributed by atoms with Gasteiger partial charge in [0.2, 0.25) is 0 Å². The van der Waals surface area contributed by atoms with Gasteiger partial charge in [0, 0.05) is 5.56 Å². The molecule has 0 radical (unpaired) electrons. The van der Waals surface area contributed by atoms with Crippen molar-refractivity contribution in [3.63, 3.8) is 0 Å². The second-order valence-electron chi connectivity index (χ2n) is 3.39. The summed E-state index contributed by atoms with van der Waals surface area (Å²) in [5.41, 5.74) is 0.438. The molecule has 0 bridgehead atoms. The molecular weight excluding hydrogens is 228 g/mol. The summed E-state index contributed by atoms with van der Waals surface area (Å²) in [4.78, 5) is 22.6. The smallest absolute Gasteiger partial charge is 0.342 e. The van der Waals surface area contributed by atoms with Crippen LogP contribution in [0.2, 0.25) is 0 Å².